The number of carbonyl (C=O) groups excluding carboxylic acids is 2. The molecule has 0 heterocycles. The smallest absolute Gasteiger partial charge is 0.271 e. The topological polar surface area (TPSA) is 124 Å². The number of nitrogens with zero attached hydrogens (tertiary/aromatic N) is 3. The monoisotopic (exact) mass is 369 g/mol. The zero-order valence-electron chi connectivity index (χ0n) is 14.6. The van der Waals surface area contributed by atoms with E-state index in [-0.39, 0.29) is 33.6 Å². The summed E-state index contributed by atoms with van der Waals surface area (Å²) in [6.07, 6.45) is 0. The first-order chi connectivity index (χ1) is 12.8. The number of benzene rings is 2. The molecular formula is C18H15N3O6. The molecule has 0 fully saturated rings. The van der Waals surface area contributed by atoms with E-state index in [1.165, 1.54) is 17.0 Å². The third-order valence-corrected chi connectivity index (χ3v) is 4.59. The van der Waals surface area contributed by atoms with Gasteiger partial charge in [-0.3, -0.25) is 29.8 Å². The molecule has 1 aliphatic rings. The highest BCUT2D eigenvalue weighted by Crippen LogP contribution is 2.42. The van der Waals surface area contributed by atoms with Crippen molar-refractivity contribution in [3.8, 4) is 11.1 Å². The number of amides is 1. The predicted octanol–water partition coefficient (Wildman–Crippen LogP) is 3.20. The molecule has 0 unspecified atom stereocenters. The van der Waals surface area contributed by atoms with Gasteiger partial charge in [0.05, 0.1) is 15.4 Å². The standard InChI is InChI=1S/C18H15N3O6/c1-3-19(4-2)18(23)15-9-11(21(26)27)8-14-16(15)12-6-5-10(20(24)25)7-13(12)17(14)22/h5-9H,3-4H2,1-2H3. The van der Waals surface area contributed by atoms with E-state index < -0.39 is 21.5 Å². The minimum absolute atomic E-state index is 0.00945. The van der Waals surface area contributed by atoms with Gasteiger partial charge in [0.15, 0.2) is 5.78 Å². The molecule has 138 valence electrons. The van der Waals surface area contributed by atoms with Crippen LogP contribution in [0.2, 0.25) is 0 Å². The maximum Gasteiger partial charge on any atom is 0.271 e. The molecule has 0 saturated heterocycles. The van der Waals surface area contributed by atoms with Crippen LogP contribution in [0.25, 0.3) is 11.1 Å². The minimum Gasteiger partial charge on any atom is -0.339 e. The first-order valence-corrected chi connectivity index (χ1v) is 8.25. The first kappa shape index (κ1) is 18.2. The van der Waals surface area contributed by atoms with E-state index in [4.69, 9.17) is 0 Å². The van der Waals surface area contributed by atoms with E-state index in [1.807, 2.05) is 0 Å². The van der Waals surface area contributed by atoms with E-state index in [0.717, 1.165) is 18.2 Å². The van der Waals surface area contributed by atoms with Crippen LogP contribution < -0.4 is 0 Å². The van der Waals surface area contributed by atoms with Crippen molar-refractivity contribution < 1.29 is 19.4 Å². The average molecular weight is 369 g/mol. The Morgan fingerprint density at radius 1 is 0.926 bits per heavy atom. The number of hydrogen-bond acceptors (Lipinski definition) is 6. The lowest BCUT2D eigenvalue weighted by Gasteiger charge is -2.20. The highest BCUT2D eigenvalue weighted by atomic mass is 16.6. The second-order valence-corrected chi connectivity index (χ2v) is 5.97. The lowest BCUT2D eigenvalue weighted by molar-refractivity contribution is -0.385. The van der Waals surface area contributed by atoms with Crippen molar-refractivity contribution in [2.45, 2.75) is 13.8 Å². The third kappa shape index (κ3) is 2.82. The fraction of sp³-hybridized carbons (Fsp3) is 0.222. The van der Waals surface area contributed by atoms with Crippen LogP contribution in [-0.2, 0) is 0 Å². The van der Waals surface area contributed by atoms with Crippen molar-refractivity contribution in [2.75, 3.05) is 13.1 Å². The van der Waals surface area contributed by atoms with Gasteiger partial charge in [-0.15, -0.1) is 0 Å². The van der Waals surface area contributed by atoms with Gasteiger partial charge in [0, 0.05) is 54.0 Å². The third-order valence-electron chi connectivity index (χ3n) is 4.59. The SMILES string of the molecule is CCN(CC)C(=O)c1cc([N+](=O)[O-])cc2c1-c1ccc([N+](=O)[O-])cc1C2=O. The Labute approximate surface area is 153 Å². The van der Waals surface area contributed by atoms with Crippen LogP contribution >= 0.6 is 0 Å². The summed E-state index contributed by atoms with van der Waals surface area (Å²) >= 11 is 0. The van der Waals surface area contributed by atoms with Gasteiger partial charge in [-0.1, -0.05) is 0 Å². The van der Waals surface area contributed by atoms with E-state index in [1.54, 1.807) is 13.8 Å². The van der Waals surface area contributed by atoms with Crippen LogP contribution in [0.15, 0.2) is 30.3 Å². The van der Waals surface area contributed by atoms with Crippen molar-refractivity contribution in [1.29, 1.82) is 0 Å². The predicted molar refractivity (Wildman–Crippen MR) is 95.9 cm³/mol. The van der Waals surface area contributed by atoms with Gasteiger partial charge in [0.2, 0.25) is 0 Å². The summed E-state index contributed by atoms with van der Waals surface area (Å²) in [4.78, 5) is 48.2. The molecule has 1 aliphatic carbocycles. The maximum atomic E-state index is 12.9. The Morgan fingerprint density at radius 2 is 1.52 bits per heavy atom. The van der Waals surface area contributed by atoms with Crippen molar-refractivity contribution in [1.82, 2.24) is 4.90 Å². The second-order valence-electron chi connectivity index (χ2n) is 5.97. The molecule has 3 rings (SSSR count). The van der Waals surface area contributed by atoms with Gasteiger partial charge in [0.1, 0.15) is 0 Å². The Hall–Kier alpha value is -3.62. The van der Waals surface area contributed by atoms with Crippen LogP contribution in [0.1, 0.15) is 40.1 Å². The zero-order valence-corrected chi connectivity index (χ0v) is 14.6. The largest absolute Gasteiger partial charge is 0.339 e. The molecule has 0 aliphatic heterocycles. The molecule has 2 aromatic rings. The van der Waals surface area contributed by atoms with Gasteiger partial charge in [-0.2, -0.15) is 0 Å². The maximum absolute atomic E-state index is 12.9. The number of hydrogen-bond donors (Lipinski definition) is 0. The Bertz CT molecular complexity index is 1010. The zero-order chi connectivity index (χ0) is 19.9. The molecule has 9 nitrogen and oxygen atoms in total. The number of carbonyl (C=O) groups is 2. The summed E-state index contributed by atoms with van der Waals surface area (Å²) in [6.45, 7) is 4.35. The fourth-order valence-corrected chi connectivity index (χ4v) is 3.25. The van der Waals surface area contributed by atoms with E-state index >= 15 is 0 Å². The van der Waals surface area contributed by atoms with Gasteiger partial charge < -0.3 is 4.90 Å². The lowest BCUT2D eigenvalue weighted by atomic mass is 9.97. The molecule has 0 N–H and O–H groups in total. The number of nitro groups is 2. The highest BCUT2D eigenvalue weighted by Gasteiger charge is 2.35. The molecule has 2 aromatic carbocycles. The van der Waals surface area contributed by atoms with E-state index in [0.29, 0.717) is 18.7 Å². The van der Waals surface area contributed by atoms with Crippen LogP contribution in [0.3, 0.4) is 0 Å². The summed E-state index contributed by atoms with van der Waals surface area (Å²) in [5, 5.41) is 22.3. The minimum atomic E-state index is -0.669. The summed E-state index contributed by atoms with van der Waals surface area (Å²) in [7, 11) is 0. The van der Waals surface area contributed by atoms with Crippen LogP contribution in [0, 0.1) is 20.2 Å². The first-order valence-electron chi connectivity index (χ1n) is 8.25. The number of ketones is 1. The molecule has 0 saturated carbocycles. The number of rotatable bonds is 5. The molecule has 27 heavy (non-hydrogen) atoms. The molecular weight excluding hydrogens is 354 g/mol. The van der Waals surface area contributed by atoms with Gasteiger partial charge in [-0.05, 0) is 25.5 Å². The number of non-ortho nitro benzene ring substituents is 2. The molecule has 0 radical (unpaired) electrons. The van der Waals surface area contributed by atoms with Crippen molar-refractivity contribution in [3.63, 3.8) is 0 Å². The molecule has 1 amide bonds. The average Bonchev–Trinajstić information content (AvgIpc) is 2.94. The number of nitro benzene ring substituents is 2. The molecule has 0 aromatic heterocycles. The Balaban J connectivity index is 2.30. The molecule has 0 atom stereocenters. The summed E-state index contributed by atoms with van der Waals surface area (Å²) in [5.74, 6) is -1.00. The Morgan fingerprint density at radius 3 is 2.07 bits per heavy atom. The molecule has 0 bridgehead atoms. The van der Waals surface area contributed by atoms with Crippen molar-refractivity contribution in [2.24, 2.45) is 0 Å². The molecule has 9 heteroatoms. The highest BCUT2D eigenvalue weighted by molar-refractivity contribution is 6.25. The van der Waals surface area contributed by atoms with E-state index in [9.17, 15) is 29.8 Å². The van der Waals surface area contributed by atoms with Crippen LogP contribution in [0.4, 0.5) is 11.4 Å². The normalized spacial score (nSPS) is 11.7. The summed E-state index contributed by atoms with van der Waals surface area (Å²) in [5.41, 5.74) is 0.131. The van der Waals surface area contributed by atoms with Gasteiger partial charge in [-0.25, -0.2) is 0 Å². The fourth-order valence-electron chi connectivity index (χ4n) is 3.25. The van der Waals surface area contributed by atoms with Gasteiger partial charge in [0.25, 0.3) is 17.3 Å². The van der Waals surface area contributed by atoms with Crippen molar-refractivity contribution >= 4 is 23.1 Å². The lowest BCUT2D eigenvalue weighted by Crippen LogP contribution is -2.31. The number of fused-ring (bicyclic) bond motifs is 3. The van der Waals surface area contributed by atoms with Crippen LogP contribution in [-0.4, -0.2) is 39.5 Å². The summed E-state index contributed by atoms with van der Waals surface area (Å²) < 4.78 is 0. The van der Waals surface area contributed by atoms with E-state index in [2.05, 4.69) is 0 Å². The Kier molecular flexibility index (Phi) is 4.44. The van der Waals surface area contributed by atoms with Crippen LogP contribution in [0.5, 0.6) is 0 Å². The van der Waals surface area contributed by atoms with Crippen molar-refractivity contribution in [3.05, 3.63) is 67.3 Å². The second kappa shape index (κ2) is 6.60. The summed E-state index contributed by atoms with van der Waals surface area (Å²) in [6, 6.07) is 6.05. The van der Waals surface area contributed by atoms with Gasteiger partial charge >= 0.3 is 0 Å². The quantitative estimate of drug-likeness (QED) is 0.502. The molecule has 0 spiro atoms.